The van der Waals surface area contributed by atoms with Crippen LogP contribution in [0.3, 0.4) is 0 Å². The molecule has 0 radical (unpaired) electrons. The lowest BCUT2D eigenvalue weighted by Crippen LogP contribution is -2.24. The second-order valence-corrected chi connectivity index (χ2v) is 6.08. The van der Waals surface area contributed by atoms with Gasteiger partial charge in [0, 0.05) is 5.56 Å². The Labute approximate surface area is 169 Å². The number of benzene rings is 2. The second-order valence-electron chi connectivity index (χ2n) is 5.67. The number of carboxylic acid groups (broad SMARTS) is 1. The highest BCUT2D eigenvalue weighted by molar-refractivity contribution is 6.33. The Bertz CT molecular complexity index is 1030. The second kappa shape index (κ2) is 9.42. The smallest absolute Gasteiger partial charge is 0.341 e. The maximum atomic E-state index is 12.0. The highest BCUT2D eigenvalue weighted by Gasteiger charge is 2.11. The monoisotopic (exact) mass is 414 g/mol. The van der Waals surface area contributed by atoms with Crippen molar-refractivity contribution in [1.29, 1.82) is 0 Å². The number of nitrogens with zero attached hydrogens (tertiary/aromatic N) is 5. The van der Waals surface area contributed by atoms with E-state index in [1.807, 2.05) is 0 Å². The van der Waals surface area contributed by atoms with E-state index in [9.17, 15) is 9.59 Å². The number of carbonyl (C=O) groups is 2. The van der Waals surface area contributed by atoms with Crippen molar-refractivity contribution in [2.45, 2.75) is 6.54 Å². The number of hydrogen-bond donors (Lipinski definition) is 2. The number of nitrogens with one attached hydrogen (secondary N) is 1. The van der Waals surface area contributed by atoms with E-state index in [0.29, 0.717) is 27.7 Å². The lowest BCUT2D eigenvalue weighted by molar-refractivity contribution is -0.139. The summed E-state index contributed by atoms with van der Waals surface area (Å²) in [6.07, 6.45) is 1.43. The quantitative estimate of drug-likeness (QED) is 0.422. The van der Waals surface area contributed by atoms with Crippen LogP contribution in [0.25, 0.3) is 11.4 Å². The van der Waals surface area contributed by atoms with Gasteiger partial charge in [-0.25, -0.2) is 10.2 Å². The zero-order chi connectivity index (χ0) is 20.6. The zero-order valence-corrected chi connectivity index (χ0v) is 15.7. The summed E-state index contributed by atoms with van der Waals surface area (Å²) < 4.78 is 5.03. The Balaban J connectivity index is 1.51. The van der Waals surface area contributed by atoms with Crippen LogP contribution in [-0.4, -0.2) is 50.0 Å². The van der Waals surface area contributed by atoms with E-state index in [2.05, 4.69) is 25.9 Å². The molecule has 0 aliphatic heterocycles. The third-order valence-electron chi connectivity index (χ3n) is 3.50. The average molecular weight is 415 g/mol. The molecule has 0 bridgehead atoms. The number of aromatic nitrogens is 4. The van der Waals surface area contributed by atoms with Crippen molar-refractivity contribution in [2.24, 2.45) is 5.10 Å². The molecule has 3 aromatic rings. The fourth-order valence-corrected chi connectivity index (χ4v) is 2.42. The molecule has 0 spiro atoms. The van der Waals surface area contributed by atoms with Crippen molar-refractivity contribution >= 4 is 29.7 Å². The van der Waals surface area contributed by atoms with Crippen molar-refractivity contribution in [2.75, 3.05) is 6.61 Å². The molecular weight excluding hydrogens is 400 g/mol. The van der Waals surface area contributed by atoms with E-state index in [0.717, 1.165) is 4.80 Å². The predicted octanol–water partition coefficient (Wildman–Crippen LogP) is 1.61. The minimum Gasteiger partial charge on any atom is -0.482 e. The van der Waals surface area contributed by atoms with Gasteiger partial charge in [0.2, 0.25) is 5.82 Å². The maximum absolute atomic E-state index is 12.0. The van der Waals surface area contributed by atoms with Gasteiger partial charge in [0.05, 0.1) is 11.2 Å². The number of carboxylic acids is 1. The van der Waals surface area contributed by atoms with Crippen LogP contribution in [0.1, 0.15) is 5.56 Å². The molecule has 0 saturated heterocycles. The average Bonchev–Trinajstić information content (AvgIpc) is 3.15. The van der Waals surface area contributed by atoms with Crippen LogP contribution < -0.4 is 10.2 Å². The van der Waals surface area contributed by atoms with Gasteiger partial charge in [-0.15, -0.1) is 10.2 Å². The predicted molar refractivity (Wildman–Crippen MR) is 104 cm³/mol. The van der Waals surface area contributed by atoms with E-state index in [-0.39, 0.29) is 6.54 Å². The van der Waals surface area contributed by atoms with Gasteiger partial charge < -0.3 is 9.84 Å². The standard InChI is InChI=1S/C18H15ClN6O4/c19-15-4-2-1-3-14(15)18-22-24-25(23-18)10-16(26)21-20-9-12-5-7-13(8-6-12)29-11-17(27)28/h1-9H,10-11H2,(H,21,26)(H,27,28)/b20-9+. The molecule has 29 heavy (non-hydrogen) atoms. The minimum absolute atomic E-state index is 0.170. The summed E-state index contributed by atoms with van der Waals surface area (Å²) in [4.78, 5) is 23.6. The number of hydrogen-bond acceptors (Lipinski definition) is 7. The number of ether oxygens (including phenoxy) is 1. The first-order valence-electron chi connectivity index (χ1n) is 8.30. The molecule has 148 valence electrons. The van der Waals surface area contributed by atoms with Gasteiger partial charge in [-0.2, -0.15) is 9.90 Å². The zero-order valence-electron chi connectivity index (χ0n) is 14.9. The molecule has 0 aliphatic rings. The number of halogens is 1. The van der Waals surface area contributed by atoms with Gasteiger partial charge in [0.1, 0.15) is 12.3 Å². The first-order valence-corrected chi connectivity index (χ1v) is 8.68. The normalized spacial score (nSPS) is 10.8. The Morgan fingerprint density at radius 3 is 2.69 bits per heavy atom. The Morgan fingerprint density at radius 2 is 1.97 bits per heavy atom. The molecule has 2 N–H and O–H groups in total. The summed E-state index contributed by atoms with van der Waals surface area (Å²) >= 11 is 6.09. The molecule has 11 heteroatoms. The van der Waals surface area contributed by atoms with Gasteiger partial charge >= 0.3 is 5.97 Å². The van der Waals surface area contributed by atoms with Crippen molar-refractivity contribution < 1.29 is 19.4 Å². The highest BCUT2D eigenvalue weighted by atomic mass is 35.5. The van der Waals surface area contributed by atoms with E-state index < -0.39 is 18.5 Å². The Kier molecular flexibility index (Phi) is 6.48. The van der Waals surface area contributed by atoms with Crippen LogP contribution >= 0.6 is 11.6 Å². The largest absolute Gasteiger partial charge is 0.482 e. The Morgan fingerprint density at radius 1 is 1.21 bits per heavy atom. The van der Waals surface area contributed by atoms with Crippen LogP contribution in [-0.2, 0) is 16.1 Å². The van der Waals surface area contributed by atoms with Crippen molar-refractivity contribution in [3.05, 3.63) is 59.1 Å². The third-order valence-corrected chi connectivity index (χ3v) is 3.83. The number of amides is 1. The van der Waals surface area contributed by atoms with Crippen LogP contribution in [0.4, 0.5) is 0 Å². The van der Waals surface area contributed by atoms with Gasteiger partial charge in [0.25, 0.3) is 5.91 Å². The highest BCUT2D eigenvalue weighted by Crippen LogP contribution is 2.23. The third kappa shape index (κ3) is 5.84. The van der Waals surface area contributed by atoms with Gasteiger partial charge in [-0.05, 0) is 47.2 Å². The summed E-state index contributed by atoms with van der Waals surface area (Å²) in [7, 11) is 0. The molecule has 1 heterocycles. The fraction of sp³-hybridized carbons (Fsp3) is 0.111. The lowest BCUT2D eigenvalue weighted by atomic mass is 10.2. The van der Waals surface area contributed by atoms with Crippen LogP contribution in [0.2, 0.25) is 5.02 Å². The first-order chi connectivity index (χ1) is 14.0. The van der Waals surface area contributed by atoms with Crippen molar-refractivity contribution in [3.63, 3.8) is 0 Å². The molecule has 0 saturated carbocycles. The van der Waals surface area contributed by atoms with Crippen LogP contribution in [0.15, 0.2) is 53.6 Å². The molecule has 1 amide bonds. The SMILES string of the molecule is O=C(O)COc1ccc(/C=N/NC(=O)Cn2nnc(-c3ccccc3Cl)n2)cc1. The van der Waals surface area contributed by atoms with E-state index in [1.54, 1.807) is 48.5 Å². The summed E-state index contributed by atoms with van der Waals surface area (Å²) in [5.41, 5.74) is 3.67. The van der Waals surface area contributed by atoms with Gasteiger partial charge in [-0.1, -0.05) is 23.7 Å². The summed E-state index contributed by atoms with van der Waals surface area (Å²) in [5.74, 6) is -0.762. The molecular formula is C18H15ClN6O4. The van der Waals surface area contributed by atoms with Gasteiger partial charge in [-0.3, -0.25) is 4.79 Å². The molecule has 10 nitrogen and oxygen atoms in total. The number of carbonyl (C=O) groups excluding carboxylic acids is 1. The minimum atomic E-state index is -1.06. The van der Waals surface area contributed by atoms with Gasteiger partial charge in [0.15, 0.2) is 6.61 Å². The molecule has 2 aromatic carbocycles. The summed E-state index contributed by atoms with van der Waals surface area (Å²) in [6.45, 7) is -0.589. The van der Waals surface area contributed by atoms with Crippen molar-refractivity contribution in [1.82, 2.24) is 25.6 Å². The number of tetrazole rings is 1. The lowest BCUT2D eigenvalue weighted by Gasteiger charge is -2.02. The Hall–Kier alpha value is -3.79. The molecule has 0 unspecified atom stereocenters. The molecule has 0 fully saturated rings. The number of rotatable bonds is 8. The van der Waals surface area contributed by atoms with E-state index in [1.165, 1.54) is 6.21 Å². The van der Waals surface area contributed by atoms with Crippen LogP contribution in [0, 0.1) is 0 Å². The number of aliphatic carboxylic acids is 1. The molecule has 0 aliphatic carbocycles. The molecule has 3 rings (SSSR count). The number of hydrazone groups is 1. The topological polar surface area (TPSA) is 132 Å². The summed E-state index contributed by atoms with van der Waals surface area (Å²) in [5, 5.41) is 24.8. The molecule has 1 aromatic heterocycles. The fourth-order valence-electron chi connectivity index (χ4n) is 2.20. The van der Waals surface area contributed by atoms with E-state index >= 15 is 0 Å². The molecule has 0 atom stereocenters. The summed E-state index contributed by atoms with van der Waals surface area (Å²) in [6, 6.07) is 13.6. The van der Waals surface area contributed by atoms with Crippen LogP contribution in [0.5, 0.6) is 5.75 Å². The van der Waals surface area contributed by atoms with Crippen molar-refractivity contribution in [3.8, 4) is 17.1 Å². The van der Waals surface area contributed by atoms with E-state index in [4.69, 9.17) is 21.4 Å². The maximum Gasteiger partial charge on any atom is 0.341 e. The first kappa shape index (κ1) is 20.0.